The van der Waals surface area contributed by atoms with Gasteiger partial charge in [0.2, 0.25) is 5.91 Å². The van der Waals surface area contributed by atoms with Gasteiger partial charge in [-0.3, -0.25) is 4.79 Å². The van der Waals surface area contributed by atoms with Crippen LogP contribution in [0.5, 0.6) is 0 Å². The summed E-state index contributed by atoms with van der Waals surface area (Å²) < 4.78 is 0. The van der Waals surface area contributed by atoms with Crippen molar-refractivity contribution in [2.75, 3.05) is 11.9 Å². The van der Waals surface area contributed by atoms with Crippen molar-refractivity contribution in [2.24, 2.45) is 11.5 Å². The average molecular weight is 251 g/mol. The molecular formula is C12H17N3OS. The molecule has 17 heavy (non-hydrogen) atoms. The highest BCUT2D eigenvalue weighted by molar-refractivity contribution is 7.80. The Labute approximate surface area is 106 Å². The lowest BCUT2D eigenvalue weighted by molar-refractivity contribution is -0.118. The maximum Gasteiger partial charge on any atom is 0.217 e. The second-order valence-electron chi connectivity index (χ2n) is 3.89. The Balaban J connectivity index is 2.53. The lowest BCUT2D eigenvalue weighted by Gasteiger charge is -2.09. The van der Waals surface area contributed by atoms with Crippen LogP contribution in [0.1, 0.15) is 24.0 Å². The SMILES string of the molecule is Cc1cc(NCCCC(N)=O)ccc1C(N)=S. The standard InChI is InChI=1S/C12H17N3OS/c1-8-7-9(4-5-10(8)12(14)17)15-6-2-3-11(13)16/h4-5,7,15H,2-3,6H2,1H3,(H2,13,16)(H2,14,17). The molecule has 0 aliphatic carbocycles. The Morgan fingerprint density at radius 3 is 2.65 bits per heavy atom. The molecule has 0 saturated heterocycles. The number of rotatable bonds is 6. The van der Waals surface area contributed by atoms with Crippen LogP contribution in [0.2, 0.25) is 0 Å². The third-order valence-corrected chi connectivity index (χ3v) is 2.64. The predicted molar refractivity (Wildman–Crippen MR) is 74.0 cm³/mol. The number of carbonyl (C=O) groups excluding carboxylic acids is 1. The van der Waals surface area contributed by atoms with Crippen molar-refractivity contribution in [3.8, 4) is 0 Å². The highest BCUT2D eigenvalue weighted by atomic mass is 32.1. The first-order chi connectivity index (χ1) is 8.00. The molecule has 5 N–H and O–H groups in total. The quantitative estimate of drug-likeness (QED) is 0.526. The molecule has 0 aliphatic heterocycles. The number of aryl methyl sites for hydroxylation is 1. The Hall–Kier alpha value is -1.62. The van der Waals surface area contributed by atoms with E-state index < -0.39 is 0 Å². The second-order valence-corrected chi connectivity index (χ2v) is 4.33. The molecule has 0 heterocycles. The Kier molecular flexibility index (Phi) is 4.90. The fourth-order valence-corrected chi connectivity index (χ4v) is 1.77. The van der Waals surface area contributed by atoms with E-state index in [4.69, 9.17) is 23.7 Å². The number of nitrogens with two attached hydrogens (primary N) is 2. The minimum Gasteiger partial charge on any atom is -0.389 e. The van der Waals surface area contributed by atoms with Crippen LogP contribution < -0.4 is 16.8 Å². The van der Waals surface area contributed by atoms with Crippen LogP contribution in [0.15, 0.2) is 18.2 Å². The highest BCUT2D eigenvalue weighted by Crippen LogP contribution is 2.15. The number of amides is 1. The fourth-order valence-electron chi connectivity index (χ4n) is 1.55. The zero-order valence-electron chi connectivity index (χ0n) is 9.82. The molecule has 0 unspecified atom stereocenters. The van der Waals surface area contributed by atoms with Gasteiger partial charge in [0.25, 0.3) is 0 Å². The zero-order valence-corrected chi connectivity index (χ0v) is 10.6. The molecule has 0 aliphatic rings. The van der Waals surface area contributed by atoms with E-state index in [2.05, 4.69) is 5.32 Å². The summed E-state index contributed by atoms with van der Waals surface area (Å²) in [6.07, 6.45) is 1.13. The number of thiocarbonyl (C=S) groups is 1. The summed E-state index contributed by atoms with van der Waals surface area (Å²) in [6, 6.07) is 5.80. The summed E-state index contributed by atoms with van der Waals surface area (Å²) in [7, 11) is 0. The maximum atomic E-state index is 10.6. The van der Waals surface area contributed by atoms with Gasteiger partial charge in [-0.05, 0) is 37.1 Å². The van der Waals surface area contributed by atoms with Crippen LogP contribution in [0.3, 0.4) is 0 Å². The van der Waals surface area contributed by atoms with Gasteiger partial charge in [-0.2, -0.15) is 0 Å². The van der Waals surface area contributed by atoms with E-state index >= 15 is 0 Å². The number of nitrogens with one attached hydrogen (secondary N) is 1. The topological polar surface area (TPSA) is 81.1 Å². The summed E-state index contributed by atoms with van der Waals surface area (Å²) >= 11 is 4.93. The first-order valence-electron chi connectivity index (χ1n) is 5.43. The highest BCUT2D eigenvalue weighted by Gasteiger charge is 2.02. The van der Waals surface area contributed by atoms with Gasteiger partial charge in [-0.1, -0.05) is 12.2 Å². The largest absolute Gasteiger partial charge is 0.389 e. The molecule has 0 spiro atoms. The van der Waals surface area contributed by atoms with E-state index in [1.54, 1.807) is 0 Å². The fraction of sp³-hybridized carbons (Fsp3) is 0.333. The van der Waals surface area contributed by atoms with Crippen LogP contribution >= 0.6 is 12.2 Å². The molecule has 0 aromatic heterocycles. The molecule has 0 atom stereocenters. The van der Waals surface area contributed by atoms with Crippen molar-refractivity contribution in [1.29, 1.82) is 0 Å². The summed E-state index contributed by atoms with van der Waals surface area (Å²) in [6.45, 7) is 2.68. The van der Waals surface area contributed by atoms with Crippen LogP contribution in [0.4, 0.5) is 5.69 Å². The Morgan fingerprint density at radius 2 is 2.12 bits per heavy atom. The summed E-state index contributed by atoms with van der Waals surface area (Å²) in [4.78, 5) is 11.0. The zero-order chi connectivity index (χ0) is 12.8. The molecular weight excluding hydrogens is 234 g/mol. The van der Waals surface area contributed by atoms with Crippen molar-refractivity contribution < 1.29 is 4.79 Å². The number of hydrogen-bond donors (Lipinski definition) is 3. The molecule has 4 nitrogen and oxygen atoms in total. The molecule has 5 heteroatoms. The summed E-state index contributed by atoms with van der Waals surface area (Å²) in [5.41, 5.74) is 13.6. The predicted octanol–water partition coefficient (Wildman–Crippen LogP) is 1.31. The second kappa shape index (κ2) is 6.20. The van der Waals surface area contributed by atoms with Gasteiger partial charge in [0.15, 0.2) is 0 Å². The van der Waals surface area contributed by atoms with Crippen LogP contribution in [0.25, 0.3) is 0 Å². The third-order valence-electron chi connectivity index (χ3n) is 2.42. The van der Waals surface area contributed by atoms with Crippen LogP contribution in [-0.4, -0.2) is 17.4 Å². The van der Waals surface area contributed by atoms with Crippen molar-refractivity contribution >= 4 is 28.8 Å². The van der Waals surface area contributed by atoms with Crippen LogP contribution in [0, 0.1) is 6.92 Å². The third kappa shape index (κ3) is 4.40. The van der Waals surface area contributed by atoms with E-state index in [0.29, 0.717) is 11.4 Å². The lowest BCUT2D eigenvalue weighted by atomic mass is 10.1. The van der Waals surface area contributed by atoms with Crippen LogP contribution in [-0.2, 0) is 4.79 Å². The van der Waals surface area contributed by atoms with E-state index in [1.165, 1.54) is 0 Å². The molecule has 1 rings (SSSR count). The van der Waals surface area contributed by atoms with Crippen molar-refractivity contribution in [3.05, 3.63) is 29.3 Å². The number of carbonyl (C=O) groups is 1. The van der Waals surface area contributed by atoms with Gasteiger partial charge in [0.1, 0.15) is 4.99 Å². The van der Waals surface area contributed by atoms with Gasteiger partial charge in [0, 0.05) is 24.2 Å². The van der Waals surface area contributed by atoms with Crippen molar-refractivity contribution in [1.82, 2.24) is 0 Å². The van der Waals surface area contributed by atoms with Crippen molar-refractivity contribution in [3.63, 3.8) is 0 Å². The molecule has 0 radical (unpaired) electrons. The number of primary amides is 1. The van der Waals surface area contributed by atoms with Gasteiger partial charge in [0.05, 0.1) is 0 Å². The number of benzene rings is 1. The molecule has 1 amide bonds. The van der Waals surface area contributed by atoms with Gasteiger partial charge < -0.3 is 16.8 Å². The average Bonchev–Trinajstić information content (AvgIpc) is 2.23. The van der Waals surface area contributed by atoms with Crippen molar-refractivity contribution in [2.45, 2.75) is 19.8 Å². The van der Waals surface area contributed by atoms with E-state index in [1.807, 2.05) is 25.1 Å². The molecule has 0 fully saturated rings. The lowest BCUT2D eigenvalue weighted by Crippen LogP contribution is -2.13. The smallest absolute Gasteiger partial charge is 0.217 e. The number of hydrogen-bond acceptors (Lipinski definition) is 3. The number of anilines is 1. The minimum absolute atomic E-state index is 0.271. The summed E-state index contributed by atoms with van der Waals surface area (Å²) in [5.74, 6) is -0.271. The molecule has 0 saturated carbocycles. The molecule has 1 aromatic rings. The maximum absolute atomic E-state index is 10.6. The van der Waals surface area contributed by atoms with Gasteiger partial charge in [-0.25, -0.2) is 0 Å². The van der Waals surface area contributed by atoms with E-state index in [0.717, 1.165) is 29.8 Å². The molecule has 92 valence electrons. The summed E-state index contributed by atoms with van der Waals surface area (Å²) in [5, 5.41) is 3.22. The molecule has 0 bridgehead atoms. The Morgan fingerprint density at radius 1 is 1.41 bits per heavy atom. The minimum atomic E-state index is -0.271. The van der Waals surface area contributed by atoms with Gasteiger partial charge >= 0.3 is 0 Å². The Bertz CT molecular complexity index is 432. The normalized spacial score (nSPS) is 9.94. The first kappa shape index (κ1) is 13.4. The molecule has 1 aromatic carbocycles. The monoisotopic (exact) mass is 251 g/mol. The van der Waals surface area contributed by atoms with E-state index in [-0.39, 0.29) is 5.91 Å². The van der Waals surface area contributed by atoms with Gasteiger partial charge in [-0.15, -0.1) is 0 Å². The first-order valence-corrected chi connectivity index (χ1v) is 5.84. The van der Waals surface area contributed by atoms with E-state index in [9.17, 15) is 4.79 Å².